The Morgan fingerprint density at radius 1 is 0.562 bits per heavy atom. The second-order valence-corrected chi connectivity index (χ2v) is 14.6. The highest BCUT2D eigenvalue weighted by Crippen LogP contribution is 2.63. The maximum absolute atomic E-state index is 2.57. The fourth-order valence-electron chi connectivity index (χ4n) is 4.85. The van der Waals surface area contributed by atoms with E-state index in [4.69, 9.17) is 0 Å². The van der Waals surface area contributed by atoms with Crippen LogP contribution in [0.25, 0.3) is 0 Å². The lowest BCUT2D eigenvalue weighted by molar-refractivity contribution is 0.230. The predicted molar refractivity (Wildman–Crippen MR) is 144 cm³/mol. The molecule has 0 aromatic heterocycles. The van der Waals surface area contributed by atoms with Gasteiger partial charge in [-0.1, -0.05) is 115 Å². The molecule has 32 heavy (non-hydrogen) atoms. The van der Waals surface area contributed by atoms with Crippen molar-refractivity contribution in [2.75, 3.05) is 0 Å². The molecule has 0 unspecified atom stereocenters. The minimum atomic E-state index is 0.208. The van der Waals surface area contributed by atoms with E-state index in [1.807, 2.05) is 23.5 Å². The first-order chi connectivity index (χ1) is 14.8. The van der Waals surface area contributed by atoms with Gasteiger partial charge in [0.05, 0.1) is 0 Å². The lowest BCUT2D eigenvalue weighted by atomic mass is 9.70. The molecule has 0 radical (unpaired) electrons. The quantitative estimate of drug-likeness (QED) is 0.443. The highest BCUT2D eigenvalue weighted by molar-refractivity contribution is 8.03. The van der Waals surface area contributed by atoms with E-state index in [9.17, 15) is 0 Å². The molecule has 2 atom stereocenters. The number of thioether (sulfide) groups is 2. The highest BCUT2D eigenvalue weighted by Gasteiger charge is 2.51. The summed E-state index contributed by atoms with van der Waals surface area (Å²) < 4.78 is 0. The smallest absolute Gasteiger partial charge is 0.0119 e. The van der Waals surface area contributed by atoms with E-state index in [2.05, 4.69) is 116 Å². The van der Waals surface area contributed by atoms with Gasteiger partial charge in [0.25, 0.3) is 0 Å². The lowest BCUT2D eigenvalue weighted by Gasteiger charge is -2.33. The number of hydrogen-bond donors (Lipinski definition) is 0. The SMILES string of the molecule is CC(C)(C)c1ccc(SC2=C[C@]3(C)CC(Sc4ccc(C(C)(C)C)cc4)=C[C@]3(C)C2)cc1. The minimum absolute atomic E-state index is 0.208. The monoisotopic (exact) mass is 462 g/mol. The molecule has 0 N–H and O–H groups in total. The average molecular weight is 463 g/mol. The zero-order chi connectivity index (χ0) is 23.4. The Morgan fingerprint density at radius 3 is 1.16 bits per heavy atom. The molecule has 2 heteroatoms. The van der Waals surface area contributed by atoms with Crippen molar-refractivity contribution >= 4 is 23.5 Å². The largest absolute Gasteiger partial charge is 0.0948 e. The molecular formula is C30H38S2. The van der Waals surface area contributed by atoms with E-state index in [0.717, 1.165) is 12.8 Å². The molecule has 0 saturated heterocycles. The Balaban J connectivity index is 1.43. The molecule has 0 saturated carbocycles. The second kappa shape index (κ2) is 8.13. The number of rotatable bonds is 4. The van der Waals surface area contributed by atoms with Crippen LogP contribution in [0, 0.1) is 10.8 Å². The van der Waals surface area contributed by atoms with E-state index in [1.54, 1.807) is 0 Å². The van der Waals surface area contributed by atoms with Gasteiger partial charge in [0, 0.05) is 20.6 Å². The third kappa shape index (κ3) is 4.77. The fourth-order valence-corrected chi connectivity index (χ4v) is 7.38. The molecule has 0 heterocycles. The maximum Gasteiger partial charge on any atom is 0.0119 e. The maximum atomic E-state index is 2.57. The number of fused-ring (bicyclic) bond motifs is 1. The lowest BCUT2D eigenvalue weighted by Crippen LogP contribution is -2.26. The Bertz CT molecular complexity index is 954. The van der Waals surface area contributed by atoms with E-state index in [1.165, 1.54) is 30.7 Å². The minimum Gasteiger partial charge on any atom is -0.0948 e. The molecule has 0 spiro atoms. The van der Waals surface area contributed by atoms with Crippen LogP contribution < -0.4 is 0 Å². The van der Waals surface area contributed by atoms with Gasteiger partial charge in [-0.2, -0.15) is 0 Å². The standard InChI is InChI=1S/C30H38S2/c1-27(2,3)21-9-13-23(14-10-21)31-25-17-29(7)19-26(20-30(29,8)18-25)32-24-15-11-22(12-16-24)28(4,5)6/h9-17,20H,18-19H2,1-8H3/t29-,30+/m1/s1. The van der Waals surface area contributed by atoms with Crippen molar-refractivity contribution in [3.05, 3.63) is 81.6 Å². The zero-order valence-electron chi connectivity index (χ0n) is 21.0. The van der Waals surface area contributed by atoms with Crippen molar-refractivity contribution in [3.8, 4) is 0 Å². The van der Waals surface area contributed by atoms with Gasteiger partial charge in [0.1, 0.15) is 0 Å². The second-order valence-electron chi connectivity index (χ2n) is 12.2. The summed E-state index contributed by atoms with van der Waals surface area (Å²) in [7, 11) is 0. The summed E-state index contributed by atoms with van der Waals surface area (Å²) in [5, 5.41) is 0. The van der Waals surface area contributed by atoms with Crippen LogP contribution in [0.3, 0.4) is 0 Å². The molecular weight excluding hydrogens is 424 g/mol. The zero-order valence-corrected chi connectivity index (χ0v) is 22.6. The van der Waals surface area contributed by atoms with Crippen molar-refractivity contribution in [1.29, 1.82) is 0 Å². The molecule has 2 aromatic carbocycles. The van der Waals surface area contributed by atoms with Crippen LogP contribution in [0.1, 0.15) is 79.4 Å². The number of benzene rings is 2. The summed E-state index contributed by atoms with van der Waals surface area (Å²) in [6.07, 6.45) is 7.43. The van der Waals surface area contributed by atoms with Gasteiger partial charge in [-0.15, -0.1) is 0 Å². The van der Waals surface area contributed by atoms with Crippen molar-refractivity contribution in [3.63, 3.8) is 0 Å². The summed E-state index contributed by atoms with van der Waals surface area (Å²) >= 11 is 3.92. The number of allylic oxidation sites excluding steroid dienone is 4. The van der Waals surface area contributed by atoms with E-state index >= 15 is 0 Å². The summed E-state index contributed by atoms with van der Waals surface area (Å²) in [5.74, 6) is 0. The summed E-state index contributed by atoms with van der Waals surface area (Å²) in [6.45, 7) is 18.6. The van der Waals surface area contributed by atoms with E-state index < -0.39 is 0 Å². The first kappa shape index (κ1) is 23.8. The third-order valence-electron chi connectivity index (χ3n) is 7.29. The Labute approximate surface area is 204 Å². The molecule has 170 valence electrons. The van der Waals surface area contributed by atoms with Gasteiger partial charge >= 0.3 is 0 Å². The van der Waals surface area contributed by atoms with Crippen molar-refractivity contribution in [1.82, 2.24) is 0 Å². The Morgan fingerprint density at radius 2 is 0.875 bits per heavy atom. The van der Waals surface area contributed by atoms with E-state index in [-0.39, 0.29) is 21.7 Å². The van der Waals surface area contributed by atoms with Crippen LogP contribution in [-0.4, -0.2) is 0 Å². The van der Waals surface area contributed by atoms with Gasteiger partial charge in [0.15, 0.2) is 0 Å². The normalized spacial score (nSPS) is 25.5. The van der Waals surface area contributed by atoms with Crippen molar-refractivity contribution < 1.29 is 0 Å². The average Bonchev–Trinajstić information content (AvgIpc) is 3.03. The molecule has 0 fully saturated rings. The summed E-state index contributed by atoms with van der Waals surface area (Å²) in [6, 6.07) is 18.4. The molecule has 2 aliphatic carbocycles. The molecule has 0 amide bonds. The molecule has 0 nitrogen and oxygen atoms in total. The van der Waals surface area contributed by atoms with E-state index in [0.29, 0.717) is 0 Å². The molecule has 2 aromatic rings. The first-order valence-corrected chi connectivity index (χ1v) is 13.4. The van der Waals surface area contributed by atoms with Crippen LogP contribution in [0.15, 0.2) is 80.3 Å². The van der Waals surface area contributed by atoms with Gasteiger partial charge in [-0.05, 0) is 68.9 Å². The van der Waals surface area contributed by atoms with Crippen LogP contribution in [0.2, 0.25) is 0 Å². The Hall–Kier alpha value is -1.38. The third-order valence-corrected chi connectivity index (χ3v) is 9.35. The fraction of sp³-hybridized carbons (Fsp3) is 0.467. The van der Waals surface area contributed by atoms with Crippen molar-refractivity contribution in [2.24, 2.45) is 10.8 Å². The topological polar surface area (TPSA) is 0 Å². The summed E-state index contributed by atoms with van der Waals surface area (Å²) in [5.41, 5.74) is 3.65. The van der Waals surface area contributed by atoms with Gasteiger partial charge < -0.3 is 0 Å². The van der Waals surface area contributed by atoms with Crippen LogP contribution in [0.4, 0.5) is 0 Å². The number of hydrogen-bond acceptors (Lipinski definition) is 2. The van der Waals surface area contributed by atoms with Gasteiger partial charge in [0.2, 0.25) is 0 Å². The van der Waals surface area contributed by atoms with Gasteiger partial charge in [-0.25, -0.2) is 0 Å². The van der Waals surface area contributed by atoms with Crippen LogP contribution >= 0.6 is 23.5 Å². The van der Waals surface area contributed by atoms with Crippen molar-refractivity contribution in [2.45, 2.75) is 88.9 Å². The van der Waals surface area contributed by atoms with Gasteiger partial charge in [-0.3, -0.25) is 0 Å². The highest BCUT2D eigenvalue weighted by atomic mass is 32.2. The molecule has 0 aliphatic heterocycles. The van der Waals surface area contributed by atoms with Crippen LogP contribution in [-0.2, 0) is 10.8 Å². The summed E-state index contributed by atoms with van der Waals surface area (Å²) in [4.78, 5) is 5.75. The molecule has 0 bridgehead atoms. The first-order valence-electron chi connectivity index (χ1n) is 11.8. The Kier molecular flexibility index (Phi) is 6.04. The van der Waals surface area contributed by atoms with Crippen LogP contribution in [0.5, 0.6) is 0 Å². The molecule has 4 rings (SSSR count). The predicted octanol–water partition coefficient (Wildman–Crippen LogP) is 9.75. The molecule has 2 aliphatic rings.